The van der Waals surface area contributed by atoms with Crippen LogP contribution in [0.4, 0.5) is 0 Å². The number of hydrogen-bond donors (Lipinski definition) is 2. The van der Waals surface area contributed by atoms with Gasteiger partial charge in [-0.25, -0.2) is 0 Å². The summed E-state index contributed by atoms with van der Waals surface area (Å²) >= 11 is 4.03. The van der Waals surface area contributed by atoms with Crippen LogP contribution in [0.5, 0.6) is 0 Å². The fourth-order valence-electron chi connectivity index (χ4n) is 3.51. The second-order valence-electron chi connectivity index (χ2n) is 6.95. The van der Waals surface area contributed by atoms with E-state index >= 15 is 0 Å². The highest BCUT2D eigenvalue weighted by molar-refractivity contribution is 8.16. The molecule has 25 heavy (non-hydrogen) atoms. The van der Waals surface area contributed by atoms with Gasteiger partial charge in [0.05, 0.1) is 4.58 Å². The molecule has 3 rings (SSSR count). The summed E-state index contributed by atoms with van der Waals surface area (Å²) in [5.74, 6) is 2.53. The molecule has 1 aliphatic carbocycles. The fraction of sp³-hybridized carbons (Fsp3) is 0.650. The molecule has 138 valence electrons. The maximum Gasteiger partial charge on any atom is 0.251 e. The standard InChI is InChI=1S/C20H30N2OS2/c23-19(22-13-12-21-18-6-3-1-2-4-7-18)16-8-10-17(11-9-16)20-24-14-5-15-25-20/h8-11,18,20-21H,1-7,12-15H2,(H,22,23). The predicted molar refractivity (Wildman–Crippen MR) is 111 cm³/mol. The van der Waals surface area contributed by atoms with Crippen molar-refractivity contribution in [3.63, 3.8) is 0 Å². The van der Waals surface area contributed by atoms with Crippen LogP contribution >= 0.6 is 23.5 Å². The van der Waals surface area contributed by atoms with Crippen LogP contribution in [0.1, 0.15) is 65.4 Å². The molecule has 1 saturated carbocycles. The summed E-state index contributed by atoms with van der Waals surface area (Å²) in [7, 11) is 0. The zero-order chi connectivity index (χ0) is 17.3. The van der Waals surface area contributed by atoms with Gasteiger partial charge in [-0.1, -0.05) is 37.8 Å². The summed E-state index contributed by atoms with van der Waals surface area (Å²) in [6, 6.07) is 8.82. The Hall–Kier alpha value is -0.650. The van der Waals surface area contributed by atoms with Crippen molar-refractivity contribution >= 4 is 29.4 Å². The summed E-state index contributed by atoms with van der Waals surface area (Å²) in [5.41, 5.74) is 2.10. The molecule has 1 aromatic carbocycles. The Labute approximate surface area is 160 Å². The number of carbonyl (C=O) groups excluding carboxylic acids is 1. The van der Waals surface area contributed by atoms with E-state index in [2.05, 4.69) is 22.8 Å². The lowest BCUT2D eigenvalue weighted by Crippen LogP contribution is -2.36. The van der Waals surface area contributed by atoms with Gasteiger partial charge in [0.15, 0.2) is 0 Å². The first-order valence-electron chi connectivity index (χ1n) is 9.68. The second-order valence-corrected chi connectivity index (χ2v) is 9.67. The highest BCUT2D eigenvalue weighted by Gasteiger charge is 2.17. The number of amides is 1. The van der Waals surface area contributed by atoms with Gasteiger partial charge in [-0.2, -0.15) is 0 Å². The van der Waals surface area contributed by atoms with E-state index in [0.717, 1.165) is 12.1 Å². The molecule has 2 N–H and O–H groups in total. The summed E-state index contributed by atoms with van der Waals surface area (Å²) < 4.78 is 0.537. The largest absolute Gasteiger partial charge is 0.351 e. The van der Waals surface area contributed by atoms with Gasteiger partial charge in [-0.05, 0) is 48.5 Å². The van der Waals surface area contributed by atoms with E-state index in [1.807, 2.05) is 35.7 Å². The first-order valence-corrected chi connectivity index (χ1v) is 11.8. The molecule has 2 fully saturated rings. The first kappa shape index (κ1) is 19.1. The lowest BCUT2D eigenvalue weighted by Gasteiger charge is -2.21. The lowest BCUT2D eigenvalue weighted by molar-refractivity contribution is 0.0953. The highest BCUT2D eigenvalue weighted by atomic mass is 32.2. The topological polar surface area (TPSA) is 41.1 Å². The number of hydrogen-bond acceptors (Lipinski definition) is 4. The van der Waals surface area contributed by atoms with Gasteiger partial charge < -0.3 is 10.6 Å². The molecular weight excluding hydrogens is 348 g/mol. The third-order valence-corrected chi connectivity index (χ3v) is 7.99. The third kappa shape index (κ3) is 6.22. The molecule has 0 atom stereocenters. The molecule has 1 heterocycles. The van der Waals surface area contributed by atoms with E-state index in [4.69, 9.17) is 0 Å². The van der Waals surface area contributed by atoms with Gasteiger partial charge in [-0.15, -0.1) is 23.5 Å². The monoisotopic (exact) mass is 378 g/mol. The molecule has 5 heteroatoms. The van der Waals surface area contributed by atoms with Crippen molar-refractivity contribution in [1.29, 1.82) is 0 Å². The van der Waals surface area contributed by atoms with Gasteiger partial charge in [0.1, 0.15) is 0 Å². The van der Waals surface area contributed by atoms with Gasteiger partial charge in [0, 0.05) is 24.7 Å². The molecule has 2 aliphatic rings. The van der Waals surface area contributed by atoms with Crippen LogP contribution in [0.25, 0.3) is 0 Å². The maximum absolute atomic E-state index is 12.3. The van der Waals surface area contributed by atoms with Crippen molar-refractivity contribution in [2.75, 3.05) is 24.6 Å². The van der Waals surface area contributed by atoms with Gasteiger partial charge >= 0.3 is 0 Å². The Morgan fingerprint density at radius 1 is 0.920 bits per heavy atom. The van der Waals surface area contributed by atoms with E-state index in [-0.39, 0.29) is 5.91 Å². The fourth-order valence-corrected chi connectivity index (χ4v) is 6.40. The summed E-state index contributed by atoms with van der Waals surface area (Å²) in [5, 5.41) is 6.64. The van der Waals surface area contributed by atoms with E-state index in [9.17, 15) is 4.79 Å². The van der Waals surface area contributed by atoms with Gasteiger partial charge in [0.2, 0.25) is 0 Å². The van der Waals surface area contributed by atoms with Gasteiger partial charge in [0.25, 0.3) is 5.91 Å². The summed E-state index contributed by atoms with van der Waals surface area (Å²) in [6.45, 7) is 1.56. The zero-order valence-electron chi connectivity index (χ0n) is 15.0. The number of carbonyl (C=O) groups is 1. The van der Waals surface area contributed by atoms with Crippen molar-refractivity contribution < 1.29 is 4.79 Å². The van der Waals surface area contributed by atoms with Crippen molar-refractivity contribution in [3.05, 3.63) is 35.4 Å². The predicted octanol–water partition coefficient (Wildman–Crippen LogP) is 4.60. The molecule has 1 amide bonds. The molecule has 1 aliphatic heterocycles. The number of nitrogens with one attached hydrogen (secondary N) is 2. The Morgan fingerprint density at radius 2 is 1.60 bits per heavy atom. The van der Waals surface area contributed by atoms with Crippen LogP contribution in [0, 0.1) is 0 Å². The molecule has 0 radical (unpaired) electrons. The summed E-state index contributed by atoms with van der Waals surface area (Å²) in [6.07, 6.45) is 9.31. The van der Waals surface area contributed by atoms with Crippen molar-refractivity contribution in [1.82, 2.24) is 10.6 Å². The Kier molecular flexibility index (Phi) is 8.02. The smallest absolute Gasteiger partial charge is 0.251 e. The van der Waals surface area contributed by atoms with E-state index < -0.39 is 0 Å². The number of thioether (sulfide) groups is 2. The molecule has 0 bridgehead atoms. The average molecular weight is 379 g/mol. The number of benzene rings is 1. The maximum atomic E-state index is 12.3. The van der Waals surface area contributed by atoms with Crippen LogP contribution < -0.4 is 10.6 Å². The van der Waals surface area contributed by atoms with E-state index in [1.165, 1.54) is 62.0 Å². The minimum absolute atomic E-state index is 0.0400. The van der Waals surface area contributed by atoms with Crippen LogP contribution in [0.15, 0.2) is 24.3 Å². The SMILES string of the molecule is O=C(NCCNC1CCCCCC1)c1ccc(C2SCCCS2)cc1. The third-order valence-electron chi connectivity index (χ3n) is 4.97. The molecule has 0 unspecified atom stereocenters. The van der Waals surface area contributed by atoms with Crippen molar-refractivity contribution in [2.45, 2.75) is 55.6 Å². The Bertz CT molecular complexity index is 521. The molecule has 0 aromatic heterocycles. The van der Waals surface area contributed by atoms with Crippen LogP contribution in [-0.2, 0) is 0 Å². The quantitative estimate of drug-likeness (QED) is 0.561. The first-order chi connectivity index (χ1) is 12.3. The van der Waals surface area contributed by atoms with Gasteiger partial charge in [-0.3, -0.25) is 4.79 Å². The minimum atomic E-state index is 0.0400. The Balaban J connectivity index is 1.38. The van der Waals surface area contributed by atoms with Crippen LogP contribution in [0.2, 0.25) is 0 Å². The Morgan fingerprint density at radius 3 is 2.28 bits per heavy atom. The molecule has 1 aromatic rings. The second kappa shape index (κ2) is 10.5. The van der Waals surface area contributed by atoms with Crippen LogP contribution in [0.3, 0.4) is 0 Å². The van der Waals surface area contributed by atoms with Crippen LogP contribution in [-0.4, -0.2) is 36.5 Å². The normalized spacial score (nSPS) is 20.2. The highest BCUT2D eigenvalue weighted by Crippen LogP contribution is 2.43. The molecular formula is C20H30N2OS2. The lowest BCUT2D eigenvalue weighted by atomic mass is 10.1. The van der Waals surface area contributed by atoms with E-state index in [0.29, 0.717) is 17.2 Å². The molecule has 0 spiro atoms. The summed E-state index contributed by atoms with van der Waals surface area (Å²) in [4.78, 5) is 12.3. The molecule has 1 saturated heterocycles. The van der Waals surface area contributed by atoms with Crippen molar-refractivity contribution in [2.24, 2.45) is 0 Å². The van der Waals surface area contributed by atoms with E-state index in [1.54, 1.807) is 0 Å². The average Bonchev–Trinajstić information content (AvgIpc) is 2.95. The zero-order valence-corrected chi connectivity index (χ0v) is 16.6. The number of rotatable bonds is 6. The minimum Gasteiger partial charge on any atom is -0.351 e. The molecule has 3 nitrogen and oxygen atoms in total. The van der Waals surface area contributed by atoms with Crippen molar-refractivity contribution in [3.8, 4) is 0 Å².